The minimum Gasteiger partial charge on any atom is -0.459 e. The molecule has 0 aliphatic carbocycles. The van der Waals surface area contributed by atoms with Crippen LogP contribution in [0.4, 0.5) is 0 Å². The van der Waals surface area contributed by atoms with Crippen LogP contribution in [0.1, 0.15) is 194 Å². The number of thiophene rings is 4. The van der Waals surface area contributed by atoms with Gasteiger partial charge in [0.2, 0.25) is 5.89 Å². The first-order valence-electron chi connectivity index (χ1n) is 46.7. The summed E-state index contributed by atoms with van der Waals surface area (Å²) in [7, 11) is 0. The Kier molecular flexibility index (Phi) is 43.8. The number of nitrogens with zero attached hydrogens (tertiary/aromatic N) is 9. The van der Waals surface area contributed by atoms with Crippen molar-refractivity contribution in [2.45, 2.75) is 284 Å². The Labute approximate surface area is 861 Å². The molecule has 10 heterocycles. The molecule has 14 aromatic rings. The zero-order valence-corrected chi connectivity index (χ0v) is 93.8. The molecule has 0 saturated carbocycles. The fourth-order valence-electron chi connectivity index (χ4n) is 15.1. The van der Waals surface area contributed by atoms with E-state index >= 15 is 0 Å². The Morgan fingerprint density at radius 1 is 0.440 bits per heavy atom. The molecule has 37 heteroatoms. The predicted octanol–water partition coefficient (Wildman–Crippen LogP) is 19.7. The molecule has 0 radical (unpaired) electrons. The van der Waals surface area contributed by atoms with Gasteiger partial charge in [0.25, 0.3) is 28.2 Å². The standard InChI is InChI=1S/C24H25N3O5S.C21H23BrN2O4S.C21H24N2O4S.C13H16N2O4S.C8H9I.3C4H9.C3H2NO.C2H4O2.Sn/c1-15-18-21(29)27(14-17(28)32-24(2,3)4)23(30)26(12-10-16-8-6-5-7-9-16)22(18)33-19(15)20-25-11-13-31-20;1-13-16-18(26)24(12-15(25)28-21(2,3)4)20(27)23(19(16)29-17(13)22)11-10-14-8-6-5-7-9-14;1-14-13-28-19-17(14)18(25)23(12-16(24)27-21(2,3)4)20(26)22(19)11-10-15-8-6-5-7-9-15;1-7-6-20-10-9(7)11(17)15(12(18)14-10)5-8(16)19-13(2,3)4;9-7-6-8-4-2-1-3-5-8;3*1-3-4-2;1-2-5-3-4-1;1-2(3)4;/h5-9,11,13H,10,12,14H2,1-4H3;5-9H,10-12H2,1-4H3;5-9,13H,10-12H2,1-4H3;6H,5H2,1-4H3,(H,14,18);1-5H,6-7H2;3*1,3-4H2,2H3;1-2H;1H3,(H,3,4);. The van der Waals surface area contributed by atoms with Crippen molar-refractivity contribution in [2.75, 3.05) is 4.43 Å². The molecule has 0 bridgehead atoms. The summed E-state index contributed by atoms with van der Waals surface area (Å²) in [5, 5.41) is 12.8. The molecule has 141 heavy (non-hydrogen) atoms. The number of benzene rings is 4. The fourth-order valence-corrected chi connectivity index (χ4v) is 35.4. The second kappa shape index (κ2) is 53.5. The summed E-state index contributed by atoms with van der Waals surface area (Å²) in [4.78, 5) is 175. The molecule has 0 atom stereocenters. The number of hydrogen-bond acceptors (Lipinski definition) is 25. The predicted molar refractivity (Wildman–Crippen MR) is 577 cm³/mol. The Morgan fingerprint density at radius 2 is 0.773 bits per heavy atom. The van der Waals surface area contributed by atoms with Gasteiger partial charge >= 0.3 is 163 Å². The number of oxazole rings is 2. The topological polar surface area (TPSA) is 381 Å². The minimum atomic E-state index is -2.31. The summed E-state index contributed by atoms with van der Waals surface area (Å²) in [5.41, 5.74) is 0.890. The van der Waals surface area contributed by atoms with Crippen LogP contribution in [0.25, 0.3) is 51.6 Å². The number of aryl methyl sites for hydroxylation is 11. The van der Waals surface area contributed by atoms with E-state index in [1.807, 2.05) is 116 Å². The van der Waals surface area contributed by atoms with Crippen molar-refractivity contribution in [3.05, 3.63) is 289 Å². The van der Waals surface area contributed by atoms with E-state index in [1.165, 1.54) is 130 Å². The zero-order chi connectivity index (χ0) is 104. The van der Waals surface area contributed by atoms with Crippen molar-refractivity contribution in [3.8, 4) is 10.8 Å². The number of rotatable bonds is 30. The molecule has 2 N–H and O–H groups in total. The smallest absolute Gasteiger partial charge is 0.332 e. The van der Waals surface area contributed by atoms with Crippen molar-refractivity contribution in [1.29, 1.82) is 0 Å². The molecule has 0 aliphatic rings. The van der Waals surface area contributed by atoms with E-state index in [0.29, 0.717) is 96.1 Å². The Bertz CT molecular complexity index is 7020. The number of carboxylic acid groups (broad SMARTS) is 1. The van der Waals surface area contributed by atoms with Gasteiger partial charge in [-0.2, -0.15) is 0 Å². The van der Waals surface area contributed by atoms with E-state index < -0.39 is 142 Å². The summed E-state index contributed by atoms with van der Waals surface area (Å²) in [6.07, 6.45) is 17.7. The number of carbonyl (C=O) groups is 5. The quantitative estimate of drug-likeness (QED) is 0.0139. The molecule has 4 aromatic carbocycles. The third kappa shape index (κ3) is 33.9. The van der Waals surface area contributed by atoms with Gasteiger partial charge in [0.1, 0.15) is 74.2 Å². The number of hydrogen-bond donors (Lipinski definition) is 2. The van der Waals surface area contributed by atoms with Crippen LogP contribution < -0.4 is 48.9 Å². The average Bonchev–Trinajstić information content (AvgIpc) is 1.60. The van der Waals surface area contributed by atoms with Crippen LogP contribution in [0.3, 0.4) is 0 Å². The van der Waals surface area contributed by atoms with Gasteiger partial charge in [0, 0.05) is 31.0 Å². The maximum atomic E-state index is 13.4. The number of esters is 4. The molecular weight excluding hydrogens is 2160 g/mol. The van der Waals surface area contributed by atoms with Crippen molar-refractivity contribution in [3.63, 3.8) is 0 Å². The molecule has 0 spiro atoms. The Hall–Kier alpha value is -10.8. The van der Waals surface area contributed by atoms with Crippen molar-refractivity contribution < 1.29 is 56.9 Å². The number of halogens is 2. The van der Waals surface area contributed by atoms with E-state index in [2.05, 4.69) is 105 Å². The third-order valence-electron chi connectivity index (χ3n) is 21.5. The monoisotopic (exact) mass is 2290 g/mol. The van der Waals surface area contributed by atoms with Crippen LogP contribution in [-0.2, 0) is 114 Å². The maximum absolute atomic E-state index is 13.4. The Balaban J connectivity index is 0.000000211. The first-order valence-corrected chi connectivity index (χ1v) is 59.9. The fraction of sp³-hybridized carbons (Fsp3) is 0.433. The number of carbonyl (C=O) groups excluding carboxylic acids is 4. The molecule has 0 aliphatic heterocycles. The third-order valence-corrected chi connectivity index (χ3v) is 42.2. The number of ether oxygens (including phenoxy) is 4. The number of carboxylic acids is 1. The number of alkyl halides is 1. The van der Waals surface area contributed by atoms with Crippen LogP contribution in [0, 0.1) is 27.7 Å². The van der Waals surface area contributed by atoms with Gasteiger partial charge < -0.3 is 28.5 Å². The molecule has 0 saturated heterocycles. The second-order valence-corrected chi connectivity index (χ2v) is 56.6. The number of aliphatic carboxylic acids is 1. The summed E-state index contributed by atoms with van der Waals surface area (Å²) in [6.45, 7) is 35.6. The van der Waals surface area contributed by atoms with Gasteiger partial charge in [-0.1, -0.05) is 144 Å². The molecular formula is C104H130BrIN10O20S4Sn. The van der Waals surface area contributed by atoms with Gasteiger partial charge in [0.15, 0.2) is 0 Å². The van der Waals surface area contributed by atoms with Crippen LogP contribution in [-0.4, -0.2) is 127 Å². The molecule has 14 rings (SSSR count). The second-order valence-electron chi connectivity index (χ2n) is 37.7. The van der Waals surface area contributed by atoms with Crippen LogP contribution in [0.2, 0.25) is 13.3 Å². The largest absolute Gasteiger partial charge is 0.459 e. The van der Waals surface area contributed by atoms with E-state index in [1.54, 1.807) is 122 Å². The number of fused-ring (bicyclic) bond motifs is 4. The van der Waals surface area contributed by atoms with Crippen LogP contribution >= 0.6 is 83.9 Å². The summed E-state index contributed by atoms with van der Waals surface area (Å²) >= 11 is 8.87. The number of aromatic amines is 1. The Morgan fingerprint density at radius 3 is 1.13 bits per heavy atom. The summed E-state index contributed by atoms with van der Waals surface area (Å²) in [6, 6.07) is 40.0. The molecule has 30 nitrogen and oxygen atoms in total. The van der Waals surface area contributed by atoms with E-state index in [-0.39, 0.29) is 0 Å². The van der Waals surface area contributed by atoms with Crippen LogP contribution in [0.15, 0.2) is 208 Å². The summed E-state index contributed by atoms with van der Waals surface area (Å²) in [5.74, 6) is -2.92. The number of H-pyrrole nitrogens is 1. The molecule has 0 unspecified atom stereocenters. The van der Waals surface area contributed by atoms with E-state index in [9.17, 15) is 57.5 Å². The van der Waals surface area contributed by atoms with Crippen LogP contribution in [0.5, 0.6) is 0 Å². The van der Waals surface area contributed by atoms with E-state index in [4.69, 9.17) is 37.7 Å². The summed E-state index contributed by atoms with van der Waals surface area (Å²) < 4.78 is 48.4. The number of aromatic nitrogens is 10. The SMILES string of the molecule is CC(=O)O.CCC[CH2][Sn]([CH2]CCC)([CH2]CCC)[c]1ncco1.Cc1c(-c2ncco2)sc2c1c(=O)n(CC(=O)OC(C)(C)C)c(=O)n2CCc1ccccc1.Cc1c(Br)sc2c1c(=O)n(CC(=O)OC(C)(C)C)c(=O)n2CCc1ccccc1.Cc1csc2[nH]c(=O)n(CC(=O)OC(C)(C)C)c(=O)c12.Cc1csc2c1c(=O)n(CC(=O)OC(C)(C)C)c(=O)n2CCc1ccccc1.ICCc1ccccc1. The maximum Gasteiger partial charge on any atom is 0.332 e. The number of unbranched alkanes of at least 4 members (excludes halogenated alkanes) is 3. The first-order chi connectivity index (χ1) is 66.5. The molecule has 0 fully saturated rings. The van der Waals surface area contributed by atoms with E-state index in [0.717, 1.165) is 62.4 Å². The molecule has 10 aromatic heterocycles. The number of nitrogens with one attached hydrogen (secondary N) is 1. The molecule has 0 amide bonds. The zero-order valence-electron chi connectivity index (χ0n) is 84.0. The van der Waals surface area contributed by atoms with Crippen molar-refractivity contribution >= 4 is 177 Å². The first kappa shape index (κ1) is 115. The van der Waals surface area contributed by atoms with Gasteiger partial charge in [-0.05, 0) is 208 Å². The van der Waals surface area contributed by atoms with Crippen molar-refractivity contribution in [1.82, 2.24) is 46.9 Å². The van der Waals surface area contributed by atoms with Gasteiger partial charge in [-0.15, -0.1) is 45.3 Å². The average molecular weight is 2290 g/mol. The van der Waals surface area contributed by atoms with Gasteiger partial charge in [-0.3, -0.25) is 61.8 Å². The van der Waals surface area contributed by atoms with Gasteiger partial charge in [-0.25, -0.2) is 42.4 Å². The van der Waals surface area contributed by atoms with Gasteiger partial charge in [0.05, 0.1) is 36.4 Å². The minimum absolute atomic E-state index is 0.346. The van der Waals surface area contributed by atoms with Crippen molar-refractivity contribution in [2.24, 2.45) is 0 Å². The normalized spacial score (nSPS) is 11.5. The molecule has 758 valence electrons.